The molecule has 3 fully saturated rings. The number of hydrogen-bond acceptors (Lipinski definition) is 27. The highest BCUT2D eigenvalue weighted by Crippen LogP contribution is 2.42. The number of aromatic nitrogens is 6. The highest BCUT2D eigenvalue weighted by Gasteiger charge is 2.35. The second-order valence-electron chi connectivity index (χ2n) is 35.5. The van der Waals surface area contributed by atoms with E-state index >= 15 is 0 Å². The number of benzene rings is 9. The Kier molecular flexibility index (Phi) is 31.9. The first-order valence-corrected chi connectivity index (χ1v) is 44.1. The molecule has 0 saturated heterocycles. The van der Waals surface area contributed by atoms with Gasteiger partial charge in [-0.15, -0.1) is 0 Å². The molecule has 3 saturated carbocycles. The van der Waals surface area contributed by atoms with Gasteiger partial charge in [-0.3, -0.25) is 0 Å². The highest BCUT2D eigenvalue weighted by atomic mass is 16.6. The summed E-state index contributed by atoms with van der Waals surface area (Å²) in [4.78, 5) is 105. The molecule has 129 heavy (non-hydrogen) atoms. The van der Waals surface area contributed by atoms with Crippen molar-refractivity contribution in [2.75, 3.05) is 71.5 Å². The molecule has 0 radical (unpaired) electrons. The van der Waals surface area contributed by atoms with E-state index in [1.807, 2.05) is 91.0 Å². The summed E-state index contributed by atoms with van der Waals surface area (Å²) < 4.78 is 50.7. The van der Waals surface area contributed by atoms with Crippen LogP contribution in [0.1, 0.15) is 202 Å². The average molecular weight is 1750 g/mol. The van der Waals surface area contributed by atoms with E-state index in [-0.39, 0.29) is 128 Å². The third kappa shape index (κ3) is 28.8. The van der Waals surface area contributed by atoms with E-state index in [1.54, 1.807) is 146 Å². The fourth-order valence-electron chi connectivity index (χ4n) is 15.5. The number of anilines is 12. The third-order valence-electron chi connectivity index (χ3n) is 23.0. The Morgan fingerprint density at radius 3 is 0.597 bits per heavy atom. The van der Waals surface area contributed by atoms with Gasteiger partial charge in [0.25, 0.3) is 0 Å². The molecule has 672 valence electrons. The van der Waals surface area contributed by atoms with Gasteiger partial charge >= 0.3 is 35.8 Å². The number of carbonyl (C=O) groups is 6. The lowest BCUT2D eigenvalue weighted by Crippen LogP contribution is -2.30. The summed E-state index contributed by atoms with van der Waals surface area (Å²) in [5.74, 6) is 2.70. The van der Waals surface area contributed by atoms with Gasteiger partial charge in [0.05, 0.1) is 33.4 Å². The molecule has 27 nitrogen and oxygen atoms in total. The number of rotatable bonds is 33. The summed E-state index contributed by atoms with van der Waals surface area (Å²) in [5.41, 5.74) is 6.94. The van der Waals surface area contributed by atoms with E-state index in [4.69, 9.17) is 42.6 Å². The Morgan fingerprint density at radius 2 is 0.419 bits per heavy atom. The van der Waals surface area contributed by atoms with Crippen LogP contribution in [0.3, 0.4) is 0 Å². The maximum absolute atomic E-state index is 13.1. The van der Waals surface area contributed by atoms with Crippen LogP contribution in [-0.4, -0.2) is 124 Å². The Labute approximate surface area is 753 Å². The van der Waals surface area contributed by atoms with Crippen LogP contribution in [0.25, 0.3) is 0 Å². The van der Waals surface area contributed by atoms with E-state index in [0.29, 0.717) is 103 Å². The molecular weight excluding hydrogens is 1630 g/mol. The molecule has 2 aromatic heterocycles. The summed E-state index contributed by atoms with van der Waals surface area (Å²) in [6.07, 6.45) is 11.4. The minimum absolute atomic E-state index is 0.0716. The molecule has 0 spiro atoms. The fraction of sp³-hybridized carbons (Fsp3) is 0.353. The van der Waals surface area contributed by atoms with Crippen LogP contribution in [0.4, 0.5) is 69.8 Å². The van der Waals surface area contributed by atoms with E-state index in [9.17, 15) is 28.8 Å². The number of nitrogens with one attached hydrogen (secondary N) is 6. The Hall–Kier alpha value is -14.0. The van der Waals surface area contributed by atoms with Crippen LogP contribution in [0.15, 0.2) is 237 Å². The second-order valence-corrected chi connectivity index (χ2v) is 35.5. The van der Waals surface area contributed by atoms with Crippen LogP contribution in [0.5, 0.6) is 17.2 Å². The van der Waals surface area contributed by atoms with Crippen molar-refractivity contribution in [1.82, 2.24) is 29.9 Å². The minimum Gasteiger partial charge on any atom is -0.490 e. The van der Waals surface area contributed by atoms with E-state index in [1.165, 1.54) is 0 Å². The average Bonchev–Trinajstić information content (AvgIpc) is 0.822. The van der Waals surface area contributed by atoms with Gasteiger partial charge in [-0.1, -0.05) is 117 Å². The smallest absolute Gasteiger partial charge is 0.338 e. The van der Waals surface area contributed by atoms with Crippen LogP contribution >= 0.6 is 0 Å². The molecule has 6 N–H and O–H groups in total. The van der Waals surface area contributed by atoms with Crippen LogP contribution in [0.2, 0.25) is 0 Å². The Bertz CT molecular complexity index is 4900. The second kappa shape index (κ2) is 44.4. The van der Waals surface area contributed by atoms with E-state index in [0.717, 1.165) is 77.0 Å². The zero-order chi connectivity index (χ0) is 90.7. The van der Waals surface area contributed by atoms with Gasteiger partial charge in [-0.2, -0.15) is 29.9 Å². The monoisotopic (exact) mass is 1750 g/mol. The summed E-state index contributed by atoms with van der Waals surface area (Å²) in [6.45, 7) is 21.4. The number of hydrogen-bond donors (Lipinski definition) is 6. The first kappa shape index (κ1) is 92.7. The van der Waals surface area contributed by atoms with Gasteiger partial charge in [0, 0.05) is 34.1 Å². The molecule has 0 unspecified atom stereocenters. The minimum atomic E-state index is -0.496. The Morgan fingerprint density at radius 1 is 0.240 bits per heavy atom. The molecule has 27 heteroatoms. The van der Waals surface area contributed by atoms with Gasteiger partial charge in [-0.05, 0) is 293 Å². The van der Waals surface area contributed by atoms with Crippen molar-refractivity contribution in [1.29, 1.82) is 0 Å². The van der Waals surface area contributed by atoms with Crippen molar-refractivity contribution < 1.29 is 71.4 Å². The summed E-state index contributed by atoms with van der Waals surface area (Å²) in [7, 11) is 0. The molecule has 3 aliphatic rings. The number of carbonyl (C=O) groups excluding carboxylic acids is 6. The largest absolute Gasteiger partial charge is 0.490 e. The van der Waals surface area contributed by atoms with Gasteiger partial charge in [-0.25, -0.2) is 28.8 Å². The quantitative estimate of drug-likeness (QED) is 0.0126. The molecular formula is C102H114N12O15. The SMILES string of the molecule is CC(C)(C)C1CCC(OC(=O)c2ccc(Nc3nc(Nc4ccc(C(=O)OC5CCC(C(C)(C)C)CC5)cc4)nc(Nc4ccc(C(=O)OC5CCC(C(C)(C)C)CC5)cc4)n3)cc2)CC1.O=C(OCCOc1ccccc1)c1ccc(Nc2nc(Nc3ccc(C(=O)OCCOc4ccccc4)cc3)nc(Nc3ccc(C(=O)OCCOc4ccccc4)cc3)n2)cc1. The van der Waals surface area contributed by atoms with Gasteiger partial charge in [0.1, 0.15) is 75.2 Å². The van der Waals surface area contributed by atoms with Crippen molar-refractivity contribution >= 4 is 106 Å². The van der Waals surface area contributed by atoms with Gasteiger partial charge in [0.2, 0.25) is 35.7 Å². The molecule has 0 bridgehead atoms. The van der Waals surface area contributed by atoms with Crippen molar-refractivity contribution in [2.24, 2.45) is 34.0 Å². The molecule has 14 rings (SSSR count). The molecule has 3 aliphatic carbocycles. The normalized spacial score (nSPS) is 16.7. The van der Waals surface area contributed by atoms with E-state index in [2.05, 4.69) is 124 Å². The maximum atomic E-state index is 13.1. The van der Waals surface area contributed by atoms with Crippen molar-refractivity contribution in [2.45, 2.75) is 158 Å². The number of esters is 6. The zero-order valence-corrected chi connectivity index (χ0v) is 74.5. The maximum Gasteiger partial charge on any atom is 0.338 e. The Balaban J connectivity index is 0.000000220. The van der Waals surface area contributed by atoms with Gasteiger partial charge < -0.3 is 74.5 Å². The summed E-state index contributed by atoms with van der Waals surface area (Å²) >= 11 is 0. The van der Waals surface area contributed by atoms with Crippen LogP contribution < -0.4 is 46.1 Å². The standard InChI is InChI=1S/C54H72N6O6.C48H42N6O9/c1-52(2,3)37-16-28-43(29-17-37)64-46(61)34-10-22-40(23-11-34)55-49-58-50(56-41-24-12-35(13-25-41)47(62)65-44-30-18-38(19-31-44)53(4,5)6)60-51(59-49)57-42-26-14-36(15-27-42)48(63)66-45-32-20-39(21-33-45)54(7,8)9;55-43(61-31-28-58-40-10-4-1-5-11-40)34-16-22-37(23-17-34)49-46-52-47(50-38-24-18-35(19-25-38)44(56)62-32-29-59-41-12-6-2-7-13-41)54-48(53-46)51-39-26-20-36(21-27-39)45(57)63-33-30-60-42-14-8-3-9-15-42/h10-15,22-27,37-39,43-45H,16-21,28-33H2,1-9H3,(H3,55,56,57,58,59,60);1-27H,28-33H2,(H3,49,50,51,52,53,54). The van der Waals surface area contributed by atoms with Crippen molar-refractivity contribution in [3.8, 4) is 17.2 Å². The lowest BCUT2D eigenvalue weighted by Gasteiger charge is -2.36. The van der Waals surface area contributed by atoms with E-state index < -0.39 is 17.9 Å². The zero-order valence-electron chi connectivity index (χ0n) is 74.5. The molecule has 0 amide bonds. The third-order valence-corrected chi connectivity index (χ3v) is 23.0. The number of para-hydroxylation sites is 3. The predicted molar refractivity (Wildman–Crippen MR) is 497 cm³/mol. The molecule has 2 heterocycles. The number of ether oxygens (including phenoxy) is 9. The topological polar surface area (TPSA) is 335 Å². The van der Waals surface area contributed by atoms with Crippen LogP contribution in [0, 0.1) is 34.0 Å². The van der Waals surface area contributed by atoms with Crippen molar-refractivity contribution in [3.05, 3.63) is 270 Å². The van der Waals surface area contributed by atoms with Gasteiger partial charge in [0.15, 0.2) is 0 Å². The number of nitrogens with zero attached hydrogens (tertiary/aromatic N) is 6. The lowest BCUT2D eigenvalue weighted by molar-refractivity contribution is 0.00837. The summed E-state index contributed by atoms with van der Waals surface area (Å²) in [5, 5.41) is 19.2. The lowest BCUT2D eigenvalue weighted by atomic mass is 9.72. The first-order chi connectivity index (χ1) is 62.2. The highest BCUT2D eigenvalue weighted by molar-refractivity contribution is 5.93. The fourth-order valence-corrected chi connectivity index (χ4v) is 15.5. The van der Waals surface area contributed by atoms with Crippen molar-refractivity contribution in [3.63, 3.8) is 0 Å². The molecule has 0 atom stereocenters. The predicted octanol–water partition coefficient (Wildman–Crippen LogP) is 22.2. The summed E-state index contributed by atoms with van der Waals surface area (Å²) in [6, 6.07) is 68.8. The first-order valence-electron chi connectivity index (χ1n) is 44.1. The molecule has 11 aromatic rings. The van der Waals surface area contributed by atoms with Crippen LogP contribution in [-0.2, 0) is 28.4 Å². The molecule has 0 aliphatic heterocycles. The molecule has 9 aromatic carbocycles.